The molecule has 0 bridgehead atoms. The van der Waals surface area contributed by atoms with Gasteiger partial charge >= 0.3 is 0 Å². The molecule has 47 heavy (non-hydrogen) atoms. The van der Waals surface area contributed by atoms with E-state index in [1.807, 2.05) is 34.1 Å². The van der Waals surface area contributed by atoms with Gasteiger partial charge in [-0.2, -0.15) is 0 Å². The van der Waals surface area contributed by atoms with Gasteiger partial charge in [0.2, 0.25) is 11.9 Å². The lowest BCUT2D eigenvalue weighted by atomic mass is 10.0. The SMILES string of the molecule is CC(=O)N1CCN(c2ncc(C(CNC(=O)c3cccc4nc(N5CCN(C(C)C)CC5)ccc34)N3CCC(F)(F)CC3)cn2)CC1. The molecule has 0 saturated carbocycles. The maximum absolute atomic E-state index is 14.1. The number of hydrogen-bond acceptors (Lipinski definition) is 9. The summed E-state index contributed by atoms with van der Waals surface area (Å²) in [5.41, 5.74) is 2.03. The fourth-order valence-electron chi connectivity index (χ4n) is 6.78. The molecule has 3 saturated heterocycles. The summed E-state index contributed by atoms with van der Waals surface area (Å²) in [5, 5.41) is 3.84. The number of alkyl halides is 2. The number of aromatic nitrogens is 3. The number of hydrogen-bond donors (Lipinski definition) is 1. The molecule has 252 valence electrons. The van der Waals surface area contributed by atoms with Crippen molar-refractivity contribution in [2.75, 3.05) is 81.8 Å². The van der Waals surface area contributed by atoms with Crippen molar-refractivity contribution in [1.29, 1.82) is 0 Å². The number of likely N-dealkylation sites (tertiary alicyclic amines) is 1. The second-order valence-corrected chi connectivity index (χ2v) is 13.1. The number of fused-ring (bicyclic) bond motifs is 1. The van der Waals surface area contributed by atoms with E-state index in [1.54, 1.807) is 30.3 Å². The summed E-state index contributed by atoms with van der Waals surface area (Å²) in [6, 6.07) is 9.66. The van der Waals surface area contributed by atoms with E-state index >= 15 is 0 Å². The average molecular weight is 650 g/mol. The molecule has 1 N–H and O–H groups in total. The van der Waals surface area contributed by atoms with Crippen LogP contribution < -0.4 is 15.1 Å². The number of carbonyl (C=O) groups is 2. The number of piperidine rings is 1. The monoisotopic (exact) mass is 649 g/mol. The molecule has 1 atom stereocenters. The van der Waals surface area contributed by atoms with E-state index in [1.165, 1.54) is 0 Å². The first-order valence-electron chi connectivity index (χ1n) is 16.7. The molecule has 3 aliphatic rings. The van der Waals surface area contributed by atoms with Gasteiger partial charge in [0.1, 0.15) is 5.82 Å². The standard InChI is InChI=1S/C34H45F2N9O2/c1-24(2)41-13-17-44(18-14-41)31-8-7-27-28(5-4-6-29(27)40-31)32(47)37-23-30(43-11-9-34(35,36)10-12-43)26-21-38-33(39-22-26)45-19-15-42(16-20-45)25(3)46/h4-8,21-22,24,30H,9-20,23H2,1-3H3,(H,37,47). The van der Waals surface area contributed by atoms with Crippen LogP contribution in [0.25, 0.3) is 10.9 Å². The van der Waals surface area contributed by atoms with Crippen molar-refractivity contribution in [3.8, 4) is 0 Å². The number of carbonyl (C=O) groups excluding carboxylic acids is 2. The molecule has 5 heterocycles. The molecule has 3 aromatic rings. The predicted molar refractivity (Wildman–Crippen MR) is 178 cm³/mol. The second-order valence-electron chi connectivity index (χ2n) is 13.1. The quantitative estimate of drug-likeness (QED) is 0.394. The van der Waals surface area contributed by atoms with Crippen LogP contribution in [0.2, 0.25) is 0 Å². The van der Waals surface area contributed by atoms with Crippen molar-refractivity contribution in [1.82, 2.24) is 35.0 Å². The summed E-state index contributed by atoms with van der Waals surface area (Å²) in [6.45, 7) is 12.9. The number of pyridine rings is 1. The Morgan fingerprint density at radius 1 is 0.851 bits per heavy atom. The van der Waals surface area contributed by atoms with Crippen LogP contribution in [0.1, 0.15) is 55.6 Å². The topological polar surface area (TPSA) is 101 Å². The van der Waals surface area contributed by atoms with Crippen molar-refractivity contribution in [2.24, 2.45) is 0 Å². The predicted octanol–water partition coefficient (Wildman–Crippen LogP) is 3.43. The van der Waals surface area contributed by atoms with E-state index in [0.29, 0.717) is 43.7 Å². The van der Waals surface area contributed by atoms with Gasteiger partial charge in [0, 0.05) is 127 Å². The molecule has 0 spiro atoms. The van der Waals surface area contributed by atoms with E-state index in [9.17, 15) is 18.4 Å². The van der Waals surface area contributed by atoms with E-state index < -0.39 is 5.92 Å². The van der Waals surface area contributed by atoms with Crippen molar-refractivity contribution in [3.63, 3.8) is 0 Å². The van der Waals surface area contributed by atoms with E-state index in [2.05, 4.69) is 38.9 Å². The van der Waals surface area contributed by atoms with Gasteiger partial charge in [-0.25, -0.2) is 23.7 Å². The first-order chi connectivity index (χ1) is 22.6. The van der Waals surface area contributed by atoms with Crippen LogP contribution in [0, 0.1) is 0 Å². The van der Waals surface area contributed by atoms with Crippen molar-refractivity contribution < 1.29 is 18.4 Å². The minimum Gasteiger partial charge on any atom is -0.354 e. The highest BCUT2D eigenvalue weighted by Gasteiger charge is 2.37. The number of anilines is 2. The van der Waals surface area contributed by atoms with E-state index in [4.69, 9.17) is 4.98 Å². The van der Waals surface area contributed by atoms with Gasteiger partial charge in [-0.1, -0.05) is 6.07 Å². The first kappa shape index (κ1) is 33.0. The molecule has 0 radical (unpaired) electrons. The molecular formula is C34H45F2N9O2. The zero-order valence-corrected chi connectivity index (χ0v) is 27.5. The molecule has 2 aromatic heterocycles. The second kappa shape index (κ2) is 14.0. The summed E-state index contributed by atoms with van der Waals surface area (Å²) in [6.07, 6.45) is 2.99. The summed E-state index contributed by atoms with van der Waals surface area (Å²) in [5.74, 6) is -1.41. The summed E-state index contributed by atoms with van der Waals surface area (Å²) in [4.78, 5) is 50.0. The van der Waals surface area contributed by atoms with Gasteiger partial charge in [0.15, 0.2) is 0 Å². The maximum Gasteiger partial charge on any atom is 0.252 e. The lowest BCUT2D eigenvalue weighted by Gasteiger charge is -2.38. The van der Waals surface area contributed by atoms with Crippen LogP contribution >= 0.6 is 0 Å². The average Bonchev–Trinajstić information content (AvgIpc) is 3.08. The largest absolute Gasteiger partial charge is 0.354 e. The highest BCUT2D eigenvalue weighted by Crippen LogP contribution is 2.32. The van der Waals surface area contributed by atoms with Gasteiger partial charge in [0.25, 0.3) is 11.8 Å². The van der Waals surface area contributed by atoms with Crippen LogP contribution in [-0.4, -0.2) is 125 Å². The number of nitrogens with one attached hydrogen (secondary N) is 1. The zero-order chi connectivity index (χ0) is 33.1. The van der Waals surface area contributed by atoms with Crippen LogP contribution in [0.4, 0.5) is 20.5 Å². The Hall–Kier alpha value is -3.97. The van der Waals surface area contributed by atoms with Gasteiger partial charge < -0.3 is 20.0 Å². The van der Waals surface area contributed by atoms with Gasteiger partial charge in [-0.3, -0.25) is 19.4 Å². The van der Waals surface area contributed by atoms with E-state index in [-0.39, 0.29) is 50.3 Å². The molecule has 1 aromatic carbocycles. The van der Waals surface area contributed by atoms with Crippen LogP contribution in [0.5, 0.6) is 0 Å². The molecule has 0 aliphatic carbocycles. The van der Waals surface area contributed by atoms with Crippen LogP contribution in [0.15, 0.2) is 42.7 Å². The third kappa shape index (κ3) is 7.62. The number of halogens is 2. The van der Waals surface area contributed by atoms with Crippen molar-refractivity contribution in [3.05, 3.63) is 53.9 Å². The Balaban J connectivity index is 1.16. The molecular weight excluding hydrogens is 604 g/mol. The highest BCUT2D eigenvalue weighted by atomic mass is 19.3. The van der Waals surface area contributed by atoms with Crippen molar-refractivity contribution >= 4 is 34.5 Å². The summed E-state index contributed by atoms with van der Waals surface area (Å²) in [7, 11) is 0. The normalized spacial score (nSPS) is 20.1. The Labute approximate surface area is 274 Å². The lowest BCUT2D eigenvalue weighted by Crippen LogP contribution is -2.49. The Kier molecular flexibility index (Phi) is 9.83. The molecule has 3 aliphatic heterocycles. The van der Waals surface area contributed by atoms with Crippen LogP contribution in [0.3, 0.4) is 0 Å². The number of amides is 2. The van der Waals surface area contributed by atoms with Gasteiger partial charge in [0.05, 0.1) is 11.6 Å². The number of benzene rings is 1. The third-order valence-corrected chi connectivity index (χ3v) is 9.81. The fourth-order valence-corrected chi connectivity index (χ4v) is 6.78. The zero-order valence-electron chi connectivity index (χ0n) is 27.5. The third-order valence-electron chi connectivity index (χ3n) is 9.81. The lowest BCUT2D eigenvalue weighted by molar-refractivity contribution is -0.129. The molecule has 11 nitrogen and oxygen atoms in total. The highest BCUT2D eigenvalue weighted by molar-refractivity contribution is 6.06. The Morgan fingerprint density at radius 2 is 1.51 bits per heavy atom. The molecule has 2 amide bonds. The maximum atomic E-state index is 14.1. The molecule has 3 fully saturated rings. The number of rotatable bonds is 8. The van der Waals surface area contributed by atoms with E-state index in [0.717, 1.165) is 48.5 Å². The van der Waals surface area contributed by atoms with Crippen LogP contribution in [-0.2, 0) is 4.79 Å². The fraction of sp³-hybridized carbons (Fsp3) is 0.559. The number of nitrogens with zero attached hydrogens (tertiary/aromatic N) is 8. The first-order valence-corrected chi connectivity index (χ1v) is 16.7. The van der Waals surface area contributed by atoms with Gasteiger partial charge in [-0.05, 0) is 38.1 Å². The summed E-state index contributed by atoms with van der Waals surface area (Å²) >= 11 is 0. The minimum atomic E-state index is -2.69. The molecule has 1 unspecified atom stereocenters. The minimum absolute atomic E-state index is 0.0539. The van der Waals surface area contributed by atoms with Gasteiger partial charge in [-0.15, -0.1) is 0 Å². The summed E-state index contributed by atoms with van der Waals surface area (Å²) < 4.78 is 28.2. The number of piperazine rings is 2. The van der Waals surface area contributed by atoms with Crippen molar-refractivity contribution in [2.45, 2.75) is 51.6 Å². The molecule has 6 rings (SSSR count). The smallest absolute Gasteiger partial charge is 0.252 e. The Morgan fingerprint density at radius 3 is 2.15 bits per heavy atom. The molecule has 13 heteroatoms. The Bertz CT molecular complexity index is 1540.